The lowest BCUT2D eigenvalue weighted by molar-refractivity contribution is 0.903. The molecule has 0 aromatic carbocycles. The molecule has 76 valence electrons. The quantitative estimate of drug-likeness (QED) is 0.728. The van der Waals surface area contributed by atoms with Crippen molar-refractivity contribution >= 4 is 11.6 Å². The first-order valence-electron chi connectivity index (χ1n) is 4.60. The molecule has 0 amide bonds. The van der Waals surface area contributed by atoms with Gasteiger partial charge >= 0.3 is 0 Å². The minimum absolute atomic E-state index is 0.408. The van der Waals surface area contributed by atoms with Gasteiger partial charge in [-0.25, -0.2) is 19.9 Å². The van der Waals surface area contributed by atoms with Crippen LogP contribution in [-0.4, -0.2) is 19.9 Å². The summed E-state index contributed by atoms with van der Waals surface area (Å²) in [5.41, 5.74) is 0.733. The molecule has 0 bridgehead atoms. The van der Waals surface area contributed by atoms with Gasteiger partial charge in [0.05, 0.1) is 5.56 Å². The average molecular weight is 221 g/mol. The Morgan fingerprint density at radius 2 is 2.13 bits per heavy atom. The summed E-state index contributed by atoms with van der Waals surface area (Å²) in [6.45, 7) is 1.99. The van der Waals surface area contributed by atoms with Gasteiger partial charge in [-0.2, -0.15) is 0 Å². The third kappa shape index (κ3) is 2.10. The van der Waals surface area contributed by atoms with Gasteiger partial charge in [-0.05, 0) is 12.1 Å². The lowest BCUT2D eigenvalue weighted by Gasteiger charge is -2.02. The zero-order valence-corrected chi connectivity index (χ0v) is 8.94. The third-order valence-corrected chi connectivity index (χ3v) is 2.24. The molecule has 4 nitrogen and oxygen atoms in total. The van der Waals surface area contributed by atoms with Crippen molar-refractivity contribution in [3.8, 4) is 11.4 Å². The van der Waals surface area contributed by atoms with Gasteiger partial charge in [0.1, 0.15) is 17.3 Å². The summed E-state index contributed by atoms with van der Waals surface area (Å²) in [5, 5.41) is 0.408. The maximum Gasteiger partial charge on any atom is 0.166 e. The van der Waals surface area contributed by atoms with Crippen LogP contribution < -0.4 is 0 Å². The second kappa shape index (κ2) is 4.31. The lowest BCUT2D eigenvalue weighted by Crippen LogP contribution is -1.98. The maximum absolute atomic E-state index is 5.94. The van der Waals surface area contributed by atoms with Crippen LogP contribution in [0, 0.1) is 0 Å². The molecule has 5 heteroatoms. The first-order chi connectivity index (χ1) is 7.31. The Morgan fingerprint density at radius 3 is 2.87 bits per heavy atom. The maximum atomic E-state index is 5.94. The van der Waals surface area contributed by atoms with Crippen LogP contribution in [0.5, 0.6) is 0 Å². The van der Waals surface area contributed by atoms with E-state index in [1.807, 2.05) is 13.0 Å². The Labute approximate surface area is 92.4 Å². The van der Waals surface area contributed by atoms with Gasteiger partial charge in [-0.3, -0.25) is 0 Å². The monoisotopic (exact) mass is 220 g/mol. The molecule has 0 saturated carbocycles. The van der Waals surface area contributed by atoms with Gasteiger partial charge in [-0.1, -0.05) is 18.5 Å². The van der Waals surface area contributed by atoms with Crippen molar-refractivity contribution in [1.82, 2.24) is 19.9 Å². The summed E-state index contributed by atoms with van der Waals surface area (Å²) in [5.74, 6) is 1.32. The molecule has 2 rings (SSSR count). The van der Waals surface area contributed by atoms with Crippen LogP contribution in [-0.2, 0) is 6.42 Å². The van der Waals surface area contributed by atoms with E-state index in [-0.39, 0.29) is 0 Å². The highest BCUT2D eigenvalue weighted by Crippen LogP contribution is 2.21. The van der Waals surface area contributed by atoms with Crippen LogP contribution in [0.25, 0.3) is 11.4 Å². The molecule has 0 atom stereocenters. The molecule has 2 aromatic heterocycles. The zero-order valence-electron chi connectivity index (χ0n) is 8.18. The minimum atomic E-state index is 0.408. The van der Waals surface area contributed by atoms with Crippen molar-refractivity contribution in [3.05, 3.63) is 35.6 Å². The van der Waals surface area contributed by atoms with E-state index in [0.29, 0.717) is 11.0 Å². The van der Waals surface area contributed by atoms with Crippen molar-refractivity contribution in [2.45, 2.75) is 13.3 Å². The molecule has 0 aliphatic rings. The van der Waals surface area contributed by atoms with Crippen molar-refractivity contribution in [1.29, 1.82) is 0 Å². The Balaban J connectivity index is 2.49. The van der Waals surface area contributed by atoms with Crippen LogP contribution in [0.3, 0.4) is 0 Å². The van der Waals surface area contributed by atoms with Crippen molar-refractivity contribution in [3.63, 3.8) is 0 Å². The first kappa shape index (κ1) is 9.98. The van der Waals surface area contributed by atoms with Gasteiger partial charge < -0.3 is 0 Å². The Bertz CT molecular complexity index is 472. The first-order valence-corrected chi connectivity index (χ1v) is 4.98. The predicted molar refractivity (Wildman–Crippen MR) is 57.4 cm³/mol. The molecule has 2 aromatic rings. The van der Waals surface area contributed by atoms with Crippen molar-refractivity contribution < 1.29 is 0 Å². The van der Waals surface area contributed by atoms with Gasteiger partial charge in [-0.15, -0.1) is 0 Å². The summed E-state index contributed by atoms with van der Waals surface area (Å²) in [4.78, 5) is 16.4. The van der Waals surface area contributed by atoms with Crippen LogP contribution in [0.4, 0.5) is 0 Å². The Morgan fingerprint density at radius 1 is 1.27 bits per heavy atom. The van der Waals surface area contributed by atoms with E-state index in [0.717, 1.165) is 17.8 Å². The molecule has 0 N–H and O–H groups in total. The number of halogens is 1. The lowest BCUT2D eigenvalue weighted by atomic mass is 10.2. The third-order valence-electron chi connectivity index (χ3n) is 1.94. The van der Waals surface area contributed by atoms with Crippen LogP contribution in [0.2, 0.25) is 5.15 Å². The standard InChI is InChI=1S/C10H9ClN4/c1-2-8-13-6-14-10(15-8)7-4-3-5-12-9(7)11/h3-6H,2H2,1H3. The van der Waals surface area contributed by atoms with Crippen LogP contribution >= 0.6 is 11.6 Å². The second-order valence-electron chi connectivity index (χ2n) is 2.92. The number of hydrogen-bond acceptors (Lipinski definition) is 4. The highest BCUT2D eigenvalue weighted by Gasteiger charge is 2.07. The fourth-order valence-electron chi connectivity index (χ4n) is 1.18. The molecule has 0 spiro atoms. The minimum Gasteiger partial charge on any atom is -0.244 e. The van der Waals surface area contributed by atoms with E-state index in [4.69, 9.17) is 11.6 Å². The van der Waals surface area contributed by atoms with Crippen molar-refractivity contribution in [2.75, 3.05) is 0 Å². The molecule has 0 unspecified atom stereocenters. The van der Waals surface area contributed by atoms with E-state index in [1.54, 1.807) is 12.3 Å². The van der Waals surface area contributed by atoms with Gasteiger partial charge in [0.25, 0.3) is 0 Å². The summed E-state index contributed by atoms with van der Waals surface area (Å²) in [6, 6.07) is 3.64. The molecular weight excluding hydrogens is 212 g/mol. The fourth-order valence-corrected chi connectivity index (χ4v) is 1.39. The van der Waals surface area contributed by atoms with Crippen LogP contribution in [0.1, 0.15) is 12.7 Å². The van der Waals surface area contributed by atoms with Crippen molar-refractivity contribution in [2.24, 2.45) is 0 Å². The largest absolute Gasteiger partial charge is 0.244 e. The average Bonchev–Trinajstić information content (AvgIpc) is 2.30. The van der Waals surface area contributed by atoms with E-state index in [2.05, 4.69) is 19.9 Å². The zero-order chi connectivity index (χ0) is 10.7. The summed E-state index contributed by atoms with van der Waals surface area (Å²) >= 11 is 5.94. The number of nitrogens with zero attached hydrogens (tertiary/aromatic N) is 4. The molecular formula is C10H9ClN4. The summed E-state index contributed by atoms with van der Waals surface area (Å²) in [6.07, 6.45) is 3.89. The number of pyridine rings is 1. The fraction of sp³-hybridized carbons (Fsp3) is 0.200. The van der Waals surface area contributed by atoms with E-state index < -0.39 is 0 Å². The number of hydrogen-bond donors (Lipinski definition) is 0. The molecule has 0 saturated heterocycles. The topological polar surface area (TPSA) is 51.6 Å². The summed E-state index contributed by atoms with van der Waals surface area (Å²) < 4.78 is 0. The SMILES string of the molecule is CCc1ncnc(-c2cccnc2Cl)n1. The Kier molecular flexibility index (Phi) is 2.87. The number of aromatic nitrogens is 4. The highest BCUT2D eigenvalue weighted by molar-refractivity contribution is 6.31. The van der Waals surface area contributed by atoms with Gasteiger partial charge in [0.15, 0.2) is 5.82 Å². The number of aryl methyl sites for hydroxylation is 1. The normalized spacial score (nSPS) is 10.3. The second-order valence-corrected chi connectivity index (χ2v) is 3.28. The molecule has 0 fully saturated rings. The molecule has 15 heavy (non-hydrogen) atoms. The predicted octanol–water partition coefficient (Wildman–Crippen LogP) is 2.15. The Hall–Kier alpha value is -1.55. The smallest absolute Gasteiger partial charge is 0.166 e. The molecule has 0 aliphatic heterocycles. The van der Waals surface area contributed by atoms with E-state index in [1.165, 1.54) is 6.33 Å². The molecule has 0 radical (unpaired) electrons. The highest BCUT2D eigenvalue weighted by atomic mass is 35.5. The molecule has 0 aliphatic carbocycles. The summed E-state index contributed by atoms with van der Waals surface area (Å²) in [7, 11) is 0. The van der Waals surface area contributed by atoms with Gasteiger partial charge in [0, 0.05) is 12.6 Å². The molecule has 2 heterocycles. The van der Waals surface area contributed by atoms with E-state index in [9.17, 15) is 0 Å². The van der Waals surface area contributed by atoms with Gasteiger partial charge in [0.2, 0.25) is 0 Å². The van der Waals surface area contributed by atoms with Crippen LogP contribution in [0.15, 0.2) is 24.7 Å². The van der Waals surface area contributed by atoms with E-state index >= 15 is 0 Å². The number of rotatable bonds is 2.